The predicted octanol–water partition coefficient (Wildman–Crippen LogP) is 5.72. The van der Waals surface area contributed by atoms with Gasteiger partial charge < -0.3 is 5.21 Å². The van der Waals surface area contributed by atoms with Crippen molar-refractivity contribution in [2.24, 2.45) is 5.16 Å². The van der Waals surface area contributed by atoms with Gasteiger partial charge in [0.15, 0.2) is 20.8 Å². The van der Waals surface area contributed by atoms with E-state index in [9.17, 15) is 13.6 Å². The average molecular weight is 556 g/mol. The standard InChI is InChI=1S/C29H25N5O3S2/c1-3-17-34-28(31-32-29(34)38-19-27(33-35)20-9-5-4-6-10-20)24-18-26(30-25-12-8-7-11-23(24)25)21-13-15-22(16-14-21)39(2,36)37/h3-16,18,35H,1,17,19H2,2H3/b33-27-. The fourth-order valence-corrected chi connectivity index (χ4v) is 5.74. The van der Waals surface area contributed by atoms with Gasteiger partial charge in [-0.2, -0.15) is 0 Å². The van der Waals surface area contributed by atoms with Crippen molar-refractivity contribution in [2.75, 3.05) is 12.0 Å². The summed E-state index contributed by atoms with van der Waals surface area (Å²) in [5.41, 5.74) is 4.44. The van der Waals surface area contributed by atoms with Gasteiger partial charge in [-0.15, -0.1) is 16.8 Å². The number of hydrogen-bond acceptors (Lipinski definition) is 8. The van der Waals surface area contributed by atoms with Gasteiger partial charge in [-0.05, 0) is 24.3 Å². The highest BCUT2D eigenvalue weighted by Gasteiger charge is 2.19. The lowest BCUT2D eigenvalue weighted by molar-refractivity contribution is 0.319. The van der Waals surface area contributed by atoms with Crippen molar-refractivity contribution < 1.29 is 13.6 Å². The third-order valence-corrected chi connectivity index (χ3v) is 8.24. The normalized spacial score (nSPS) is 12.1. The summed E-state index contributed by atoms with van der Waals surface area (Å²) in [5.74, 6) is 1.04. The second-order valence-electron chi connectivity index (χ2n) is 8.78. The zero-order valence-corrected chi connectivity index (χ0v) is 22.7. The third-order valence-electron chi connectivity index (χ3n) is 6.13. The molecule has 196 valence electrons. The number of benzene rings is 3. The summed E-state index contributed by atoms with van der Waals surface area (Å²) in [6.07, 6.45) is 2.97. The number of sulfone groups is 1. The molecule has 39 heavy (non-hydrogen) atoms. The first kappa shape index (κ1) is 26.3. The Labute approximate surface area is 230 Å². The first-order valence-corrected chi connectivity index (χ1v) is 14.9. The molecule has 3 aromatic carbocycles. The molecule has 0 saturated carbocycles. The van der Waals surface area contributed by atoms with E-state index in [-0.39, 0.29) is 4.90 Å². The highest BCUT2D eigenvalue weighted by molar-refractivity contribution is 7.99. The molecule has 0 fully saturated rings. The van der Waals surface area contributed by atoms with Crippen LogP contribution in [0, 0.1) is 0 Å². The van der Waals surface area contributed by atoms with Crippen LogP contribution in [0.3, 0.4) is 0 Å². The maximum atomic E-state index is 11.9. The largest absolute Gasteiger partial charge is 0.411 e. The lowest BCUT2D eigenvalue weighted by Gasteiger charge is -2.12. The molecule has 0 aliphatic rings. The van der Waals surface area contributed by atoms with Gasteiger partial charge in [-0.25, -0.2) is 13.4 Å². The van der Waals surface area contributed by atoms with Crippen LogP contribution in [-0.2, 0) is 16.4 Å². The lowest BCUT2D eigenvalue weighted by Crippen LogP contribution is -2.07. The minimum absolute atomic E-state index is 0.251. The number of para-hydroxylation sites is 1. The first-order valence-electron chi connectivity index (χ1n) is 12.0. The van der Waals surface area contributed by atoms with Gasteiger partial charge in [-0.3, -0.25) is 4.57 Å². The molecule has 5 aromatic rings. The fourth-order valence-electron chi connectivity index (χ4n) is 4.20. The molecule has 0 unspecified atom stereocenters. The van der Waals surface area contributed by atoms with Crippen molar-refractivity contribution in [1.82, 2.24) is 19.7 Å². The first-order chi connectivity index (χ1) is 18.9. The molecule has 0 atom stereocenters. The van der Waals surface area contributed by atoms with Gasteiger partial charge >= 0.3 is 0 Å². The van der Waals surface area contributed by atoms with Crippen LogP contribution in [0.15, 0.2) is 113 Å². The number of nitrogens with zero attached hydrogens (tertiary/aromatic N) is 5. The third kappa shape index (κ3) is 5.62. The topological polar surface area (TPSA) is 110 Å². The Balaban J connectivity index is 1.56. The number of aromatic nitrogens is 4. The van der Waals surface area contributed by atoms with Gasteiger partial charge in [0.05, 0.1) is 21.8 Å². The summed E-state index contributed by atoms with van der Waals surface area (Å²) in [6, 6.07) is 25.9. The van der Waals surface area contributed by atoms with Crippen molar-refractivity contribution in [3.8, 4) is 22.6 Å². The van der Waals surface area contributed by atoms with Gasteiger partial charge in [0, 0.05) is 40.6 Å². The highest BCUT2D eigenvalue weighted by atomic mass is 32.2. The molecule has 0 amide bonds. The Morgan fingerprint density at radius 2 is 1.74 bits per heavy atom. The molecule has 1 N–H and O–H groups in total. The number of allylic oxidation sites excluding steroid dienone is 1. The number of oxime groups is 1. The van der Waals surface area contributed by atoms with E-state index in [1.165, 1.54) is 18.0 Å². The summed E-state index contributed by atoms with van der Waals surface area (Å²) in [7, 11) is -3.31. The summed E-state index contributed by atoms with van der Waals surface area (Å²) >= 11 is 1.42. The Morgan fingerprint density at radius 1 is 1.03 bits per heavy atom. The molecule has 2 aromatic heterocycles. The Morgan fingerprint density at radius 3 is 2.44 bits per heavy atom. The van der Waals surface area contributed by atoms with E-state index >= 15 is 0 Å². The molecule has 0 saturated heterocycles. The number of hydrogen-bond donors (Lipinski definition) is 1. The highest BCUT2D eigenvalue weighted by Crippen LogP contribution is 2.33. The summed E-state index contributed by atoms with van der Waals surface area (Å²) in [5, 5.41) is 23.7. The Kier molecular flexibility index (Phi) is 7.58. The zero-order valence-electron chi connectivity index (χ0n) is 21.1. The summed E-state index contributed by atoms with van der Waals surface area (Å²) in [4.78, 5) is 5.09. The average Bonchev–Trinajstić information content (AvgIpc) is 3.35. The maximum Gasteiger partial charge on any atom is 0.192 e. The van der Waals surface area contributed by atoms with E-state index in [0.29, 0.717) is 34.7 Å². The molecule has 0 aliphatic carbocycles. The molecule has 2 heterocycles. The SMILES string of the molecule is C=CCn1c(SC/C(=N/O)c2ccccc2)nnc1-c1cc(-c2ccc(S(C)(=O)=O)cc2)nc2ccccc12. The second-order valence-corrected chi connectivity index (χ2v) is 11.7. The molecular formula is C29H25N5O3S2. The Hall–Kier alpha value is -4.28. The van der Waals surface area contributed by atoms with Crippen LogP contribution in [0.25, 0.3) is 33.5 Å². The molecule has 0 spiro atoms. The van der Waals surface area contributed by atoms with Gasteiger partial charge in [0.25, 0.3) is 0 Å². The van der Waals surface area contributed by atoms with Crippen molar-refractivity contribution in [3.05, 3.63) is 103 Å². The van der Waals surface area contributed by atoms with Crippen LogP contribution in [0.5, 0.6) is 0 Å². The fraction of sp³-hybridized carbons (Fsp3) is 0.103. The predicted molar refractivity (Wildman–Crippen MR) is 155 cm³/mol. The van der Waals surface area contributed by atoms with Crippen LogP contribution in [-0.4, -0.2) is 51.1 Å². The Bertz CT molecular complexity index is 1780. The van der Waals surface area contributed by atoms with Crippen molar-refractivity contribution in [1.29, 1.82) is 0 Å². The van der Waals surface area contributed by atoms with Crippen LogP contribution < -0.4 is 0 Å². The minimum Gasteiger partial charge on any atom is -0.411 e. The van der Waals surface area contributed by atoms with Crippen LogP contribution in [0.1, 0.15) is 5.56 Å². The van der Waals surface area contributed by atoms with Crippen LogP contribution in [0.4, 0.5) is 0 Å². The molecule has 0 aliphatic heterocycles. The van der Waals surface area contributed by atoms with Gasteiger partial charge in [0.1, 0.15) is 0 Å². The molecule has 5 rings (SSSR count). The molecule has 0 bridgehead atoms. The van der Waals surface area contributed by atoms with Gasteiger partial charge in [0.2, 0.25) is 0 Å². The smallest absolute Gasteiger partial charge is 0.192 e. The summed E-state index contributed by atoms with van der Waals surface area (Å²) in [6.45, 7) is 4.38. The van der Waals surface area contributed by atoms with E-state index in [2.05, 4.69) is 21.9 Å². The number of fused-ring (bicyclic) bond motifs is 1. The van der Waals surface area contributed by atoms with Crippen molar-refractivity contribution >= 4 is 38.2 Å². The van der Waals surface area contributed by atoms with E-state index in [0.717, 1.165) is 27.6 Å². The van der Waals surface area contributed by atoms with E-state index < -0.39 is 9.84 Å². The van der Waals surface area contributed by atoms with Crippen molar-refractivity contribution in [2.45, 2.75) is 16.6 Å². The minimum atomic E-state index is -3.31. The van der Waals surface area contributed by atoms with Crippen LogP contribution in [0.2, 0.25) is 0 Å². The lowest BCUT2D eigenvalue weighted by atomic mass is 10.0. The maximum absolute atomic E-state index is 11.9. The quantitative estimate of drug-likeness (QED) is 0.0814. The zero-order chi connectivity index (χ0) is 27.4. The van der Waals surface area contributed by atoms with E-state index in [4.69, 9.17) is 4.98 Å². The van der Waals surface area contributed by atoms with E-state index in [1.54, 1.807) is 30.3 Å². The van der Waals surface area contributed by atoms with Crippen LogP contribution >= 0.6 is 11.8 Å². The van der Waals surface area contributed by atoms with Gasteiger partial charge in [-0.1, -0.05) is 83.7 Å². The van der Waals surface area contributed by atoms with Crippen molar-refractivity contribution in [3.63, 3.8) is 0 Å². The molecule has 8 nitrogen and oxygen atoms in total. The molecule has 0 radical (unpaired) electrons. The number of thioether (sulfide) groups is 1. The number of rotatable bonds is 9. The number of pyridine rings is 1. The molecular weight excluding hydrogens is 530 g/mol. The molecule has 10 heteroatoms. The summed E-state index contributed by atoms with van der Waals surface area (Å²) < 4.78 is 25.8. The van der Waals surface area contributed by atoms with E-state index in [1.807, 2.05) is 65.2 Å². The monoisotopic (exact) mass is 555 g/mol. The second kappa shape index (κ2) is 11.2.